The molecule has 0 aromatic rings. The van der Waals surface area contributed by atoms with Crippen LogP contribution in [0, 0.1) is 0 Å². The fourth-order valence-corrected chi connectivity index (χ4v) is 4.02. The van der Waals surface area contributed by atoms with Gasteiger partial charge in [0.15, 0.2) is 0 Å². The molecule has 2 heterocycles. The van der Waals surface area contributed by atoms with Crippen LogP contribution in [0.5, 0.6) is 0 Å². The van der Waals surface area contributed by atoms with E-state index in [1.165, 1.54) is 18.9 Å². The maximum atomic E-state index is 12.4. The van der Waals surface area contributed by atoms with Crippen molar-refractivity contribution >= 4 is 29.5 Å². The van der Waals surface area contributed by atoms with E-state index in [0.717, 1.165) is 6.42 Å². The van der Waals surface area contributed by atoms with Crippen LogP contribution in [0.25, 0.3) is 0 Å². The molecule has 6 nitrogen and oxygen atoms in total. The van der Waals surface area contributed by atoms with E-state index in [4.69, 9.17) is 5.11 Å². The fraction of sp³-hybridized carbons (Fsp3) is 0.750. The topological polar surface area (TPSA) is 77.9 Å². The standard InChI is InChI=1S/C12H18N2O4S/c1-7(11(17)18)13(3)10(16)8-6-19-12(2)5-4-9(15)14(8)12/h7-8H,4-6H2,1-3H3,(H,17,18). The van der Waals surface area contributed by atoms with Crippen molar-refractivity contribution in [1.82, 2.24) is 9.80 Å². The third-order valence-electron chi connectivity index (χ3n) is 4.02. The largest absolute Gasteiger partial charge is 0.480 e. The number of carbonyl (C=O) groups is 3. The Labute approximate surface area is 116 Å². The first kappa shape index (κ1) is 14.2. The zero-order chi connectivity index (χ0) is 14.4. The second-order valence-electron chi connectivity index (χ2n) is 5.23. The number of hydrogen-bond acceptors (Lipinski definition) is 4. The van der Waals surface area contributed by atoms with Crippen LogP contribution in [0.15, 0.2) is 0 Å². The SMILES string of the molecule is CC(C(=O)O)N(C)C(=O)C1CSC2(C)CCC(=O)N12. The summed E-state index contributed by atoms with van der Waals surface area (Å²) in [4.78, 5) is 37.8. The Bertz CT molecular complexity index is 441. The highest BCUT2D eigenvalue weighted by molar-refractivity contribution is 8.01. The molecule has 0 aromatic carbocycles. The van der Waals surface area contributed by atoms with Crippen LogP contribution < -0.4 is 0 Å². The predicted molar refractivity (Wildman–Crippen MR) is 70.6 cm³/mol. The summed E-state index contributed by atoms with van der Waals surface area (Å²) in [6, 6.07) is -1.42. The second-order valence-corrected chi connectivity index (χ2v) is 6.73. The molecule has 0 saturated carbocycles. The number of hydrogen-bond donors (Lipinski definition) is 1. The maximum absolute atomic E-state index is 12.4. The van der Waals surface area contributed by atoms with Gasteiger partial charge in [-0.15, -0.1) is 11.8 Å². The summed E-state index contributed by atoms with van der Waals surface area (Å²) in [5.41, 5.74) is 0. The first-order chi connectivity index (χ1) is 8.78. The lowest BCUT2D eigenvalue weighted by molar-refractivity contribution is -0.151. The van der Waals surface area contributed by atoms with Crippen molar-refractivity contribution in [3.05, 3.63) is 0 Å². The minimum atomic E-state index is -1.04. The van der Waals surface area contributed by atoms with E-state index in [1.54, 1.807) is 16.7 Å². The lowest BCUT2D eigenvalue weighted by atomic mass is 10.2. The average molecular weight is 286 g/mol. The molecule has 0 radical (unpaired) electrons. The van der Waals surface area contributed by atoms with Crippen molar-refractivity contribution in [2.45, 2.75) is 43.6 Å². The van der Waals surface area contributed by atoms with Crippen molar-refractivity contribution in [2.24, 2.45) is 0 Å². The molecule has 19 heavy (non-hydrogen) atoms. The number of thioether (sulfide) groups is 1. The number of amides is 2. The maximum Gasteiger partial charge on any atom is 0.326 e. The molecule has 0 spiro atoms. The van der Waals surface area contributed by atoms with Gasteiger partial charge in [-0.3, -0.25) is 9.59 Å². The Balaban J connectivity index is 2.17. The number of nitrogens with zero attached hydrogens (tertiary/aromatic N) is 2. The molecule has 3 atom stereocenters. The molecular weight excluding hydrogens is 268 g/mol. The molecule has 0 aromatic heterocycles. The van der Waals surface area contributed by atoms with Crippen molar-refractivity contribution in [2.75, 3.05) is 12.8 Å². The van der Waals surface area contributed by atoms with Crippen molar-refractivity contribution < 1.29 is 19.5 Å². The number of carbonyl (C=O) groups excluding carboxylic acids is 2. The third-order valence-corrected chi connectivity index (χ3v) is 5.52. The van der Waals surface area contributed by atoms with E-state index in [2.05, 4.69) is 0 Å². The Morgan fingerprint density at radius 1 is 1.58 bits per heavy atom. The molecule has 106 valence electrons. The van der Waals surface area contributed by atoms with Gasteiger partial charge in [-0.05, 0) is 20.3 Å². The van der Waals surface area contributed by atoms with E-state index < -0.39 is 18.1 Å². The molecule has 0 bridgehead atoms. The Morgan fingerprint density at radius 3 is 2.79 bits per heavy atom. The smallest absolute Gasteiger partial charge is 0.326 e. The van der Waals surface area contributed by atoms with Gasteiger partial charge in [-0.2, -0.15) is 0 Å². The molecule has 2 rings (SSSR count). The molecule has 7 heteroatoms. The summed E-state index contributed by atoms with van der Waals surface area (Å²) in [6.07, 6.45) is 1.21. The first-order valence-electron chi connectivity index (χ1n) is 6.23. The van der Waals surface area contributed by atoms with E-state index in [0.29, 0.717) is 12.2 Å². The third kappa shape index (κ3) is 2.20. The minimum absolute atomic E-state index is 0.0118. The monoisotopic (exact) mass is 286 g/mol. The number of carboxylic acids is 1. The minimum Gasteiger partial charge on any atom is -0.480 e. The summed E-state index contributed by atoms with van der Waals surface area (Å²) >= 11 is 1.60. The van der Waals surface area contributed by atoms with Gasteiger partial charge < -0.3 is 14.9 Å². The van der Waals surface area contributed by atoms with Crippen LogP contribution in [0.2, 0.25) is 0 Å². The lowest BCUT2D eigenvalue weighted by Gasteiger charge is -2.32. The summed E-state index contributed by atoms with van der Waals surface area (Å²) < 4.78 is 0. The Kier molecular flexibility index (Phi) is 3.51. The van der Waals surface area contributed by atoms with Gasteiger partial charge in [-0.25, -0.2) is 4.79 Å². The van der Waals surface area contributed by atoms with Crippen LogP contribution in [-0.4, -0.2) is 62.4 Å². The highest BCUT2D eigenvalue weighted by Crippen LogP contribution is 2.47. The van der Waals surface area contributed by atoms with Crippen LogP contribution in [0.4, 0.5) is 0 Å². The van der Waals surface area contributed by atoms with Crippen LogP contribution in [0.1, 0.15) is 26.7 Å². The molecule has 2 amide bonds. The number of aliphatic carboxylic acids is 1. The highest BCUT2D eigenvalue weighted by atomic mass is 32.2. The average Bonchev–Trinajstić information content (AvgIpc) is 2.84. The van der Waals surface area contributed by atoms with E-state index in [9.17, 15) is 14.4 Å². The summed E-state index contributed by atoms with van der Waals surface area (Å²) in [6.45, 7) is 3.43. The van der Waals surface area contributed by atoms with Gasteiger partial charge in [0.05, 0.1) is 4.87 Å². The molecule has 2 aliphatic rings. The van der Waals surface area contributed by atoms with Crippen molar-refractivity contribution in [1.29, 1.82) is 0 Å². The van der Waals surface area contributed by atoms with Gasteiger partial charge in [0.2, 0.25) is 11.8 Å². The number of fused-ring (bicyclic) bond motifs is 1. The van der Waals surface area contributed by atoms with Gasteiger partial charge in [0.25, 0.3) is 0 Å². The van der Waals surface area contributed by atoms with E-state index in [1.807, 2.05) is 6.92 Å². The van der Waals surface area contributed by atoms with E-state index >= 15 is 0 Å². The van der Waals surface area contributed by atoms with Crippen molar-refractivity contribution in [3.8, 4) is 0 Å². The second kappa shape index (κ2) is 4.70. The first-order valence-corrected chi connectivity index (χ1v) is 7.22. The molecule has 0 aliphatic carbocycles. The molecule has 2 saturated heterocycles. The van der Waals surface area contributed by atoms with Crippen LogP contribution in [-0.2, 0) is 14.4 Å². The zero-order valence-electron chi connectivity index (χ0n) is 11.3. The Morgan fingerprint density at radius 2 is 2.21 bits per heavy atom. The molecule has 2 fully saturated rings. The number of rotatable bonds is 3. The van der Waals surface area contributed by atoms with Crippen LogP contribution >= 0.6 is 11.8 Å². The van der Waals surface area contributed by atoms with E-state index in [-0.39, 0.29) is 16.7 Å². The molecule has 2 aliphatic heterocycles. The summed E-state index contributed by atoms with van der Waals surface area (Å²) in [5, 5.41) is 8.95. The quantitative estimate of drug-likeness (QED) is 0.811. The number of carboxylic acid groups (broad SMARTS) is 1. The fourth-order valence-electron chi connectivity index (χ4n) is 2.60. The normalized spacial score (nSPS) is 31.2. The zero-order valence-corrected chi connectivity index (χ0v) is 12.1. The predicted octanol–water partition coefficient (Wildman–Crippen LogP) is 0.372. The van der Waals surface area contributed by atoms with Gasteiger partial charge in [0.1, 0.15) is 12.1 Å². The lowest BCUT2D eigenvalue weighted by Crippen LogP contribution is -2.53. The van der Waals surface area contributed by atoms with Gasteiger partial charge >= 0.3 is 5.97 Å². The Hall–Kier alpha value is -1.24. The summed E-state index contributed by atoms with van der Waals surface area (Å²) in [5.74, 6) is -0.807. The van der Waals surface area contributed by atoms with Gasteiger partial charge in [0, 0.05) is 19.2 Å². The molecule has 1 N–H and O–H groups in total. The number of likely N-dealkylation sites (N-methyl/N-ethyl adjacent to an activating group) is 1. The summed E-state index contributed by atoms with van der Waals surface area (Å²) in [7, 11) is 1.47. The molecular formula is C12H18N2O4S. The van der Waals surface area contributed by atoms with Crippen molar-refractivity contribution in [3.63, 3.8) is 0 Å². The highest BCUT2D eigenvalue weighted by Gasteiger charge is 2.53. The molecule has 3 unspecified atom stereocenters. The van der Waals surface area contributed by atoms with Crippen LogP contribution in [0.3, 0.4) is 0 Å². The van der Waals surface area contributed by atoms with Gasteiger partial charge in [-0.1, -0.05) is 0 Å².